The van der Waals surface area contributed by atoms with Gasteiger partial charge in [-0.1, -0.05) is 26.3 Å². The van der Waals surface area contributed by atoms with Gasteiger partial charge in [0.15, 0.2) is 0 Å². The molecule has 0 radical (unpaired) electrons. The largest absolute Gasteiger partial charge is 0.362 e. The molecule has 0 unspecified atom stereocenters. The lowest BCUT2D eigenvalue weighted by Gasteiger charge is -2.17. The van der Waals surface area contributed by atoms with Crippen LogP contribution in [0.3, 0.4) is 0 Å². The molecular formula is C14H25N3O2S. The van der Waals surface area contributed by atoms with E-state index in [4.69, 9.17) is 0 Å². The lowest BCUT2D eigenvalue weighted by molar-refractivity contribution is 0.536. The van der Waals surface area contributed by atoms with Gasteiger partial charge in [0.05, 0.1) is 5.75 Å². The number of anilines is 1. The van der Waals surface area contributed by atoms with Crippen molar-refractivity contribution in [2.75, 3.05) is 24.7 Å². The van der Waals surface area contributed by atoms with Gasteiger partial charge >= 0.3 is 0 Å². The molecule has 1 atom stereocenters. The van der Waals surface area contributed by atoms with E-state index in [2.05, 4.69) is 16.6 Å². The van der Waals surface area contributed by atoms with Crippen molar-refractivity contribution in [2.24, 2.45) is 5.92 Å². The van der Waals surface area contributed by atoms with Crippen molar-refractivity contribution in [3.05, 3.63) is 23.9 Å². The molecule has 5 nitrogen and oxygen atoms in total. The Balaban J connectivity index is 2.67. The van der Waals surface area contributed by atoms with Gasteiger partial charge in [-0.25, -0.2) is 18.1 Å². The van der Waals surface area contributed by atoms with E-state index in [1.54, 1.807) is 6.20 Å². The number of sulfonamides is 1. The zero-order valence-electron chi connectivity index (χ0n) is 12.8. The van der Waals surface area contributed by atoms with Gasteiger partial charge in [0, 0.05) is 32.4 Å². The summed E-state index contributed by atoms with van der Waals surface area (Å²) >= 11 is 0. The number of hydrogen-bond acceptors (Lipinski definition) is 4. The van der Waals surface area contributed by atoms with E-state index in [-0.39, 0.29) is 18.2 Å². The monoisotopic (exact) mass is 299 g/mol. The summed E-state index contributed by atoms with van der Waals surface area (Å²) < 4.78 is 26.7. The van der Waals surface area contributed by atoms with Crippen molar-refractivity contribution >= 4 is 15.8 Å². The fourth-order valence-corrected chi connectivity index (χ4v) is 3.58. The summed E-state index contributed by atoms with van der Waals surface area (Å²) in [6.07, 6.45) is 3.64. The first kappa shape index (κ1) is 16.9. The van der Waals surface area contributed by atoms with Crippen LogP contribution in [0.2, 0.25) is 0 Å². The van der Waals surface area contributed by atoms with Crippen molar-refractivity contribution in [1.29, 1.82) is 0 Å². The molecule has 6 heteroatoms. The Labute approximate surface area is 122 Å². The minimum Gasteiger partial charge on any atom is -0.362 e. The zero-order valence-corrected chi connectivity index (χ0v) is 13.6. The van der Waals surface area contributed by atoms with Crippen LogP contribution in [0.1, 0.15) is 32.3 Å². The van der Waals surface area contributed by atoms with E-state index in [9.17, 15) is 8.42 Å². The minimum atomic E-state index is -3.24. The fourth-order valence-electron chi connectivity index (χ4n) is 2.17. The maximum Gasteiger partial charge on any atom is 0.212 e. The quantitative estimate of drug-likeness (QED) is 0.797. The number of rotatable bonds is 8. The average Bonchev–Trinajstić information content (AvgIpc) is 2.36. The molecule has 0 saturated carbocycles. The molecule has 0 aliphatic heterocycles. The summed E-state index contributed by atoms with van der Waals surface area (Å²) in [4.78, 5) is 6.14. The minimum absolute atomic E-state index is 0.179. The van der Waals surface area contributed by atoms with Crippen molar-refractivity contribution < 1.29 is 8.42 Å². The Morgan fingerprint density at radius 3 is 2.70 bits per heavy atom. The molecule has 0 saturated heterocycles. The maximum absolute atomic E-state index is 12.0. The molecule has 0 spiro atoms. The molecule has 0 fully saturated rings. The summed E-state index contributed by atoms with van der Waals surface area (Å²) in [6, 6.07) is 3.71. The third-order valence-electron chi connectivity index (χ3n) is 3.06. The molecule has 0 aliphatic rings. The highest BCUT2D eigenvalue weighted by molar-refractivity contribution is 7.89. The third-order valence-corrected chi connectivity index (χ3v) is 4.65. The highest BCUT2D eigenvalue weighted by Gasteiger charge is 2.16. The molecule has 0 aliphatic carbocycles. The van der Waals surface area contributed by atoms with Crippen LogP contribution in [0.15, 0.2) is 18.3 Å². The van der Waals surface area contributed by atoms with Gasteiger partial charge in [-0.3, -0.25) is 0 Å². The molecule has 1 aromatic rings. The predicted octanol–water partition coefficient (Wildman–Crippen LogP) is 2.00. The lowest BCUT2D eigenvalue weighted by atomic mass is 10.1. The summed E-state index contributed by atoms with van der Waals surface area (Å²) in [5.74, 6) is 1.15. The van der Waals surface area contributed by atoms with Gasteiger partial charge in [-0.15, -0.1) is 0 Å². The van der Waals surface area contributed by atoms with Crippen LogP contribution in [0.5, 0.6) is 0 Å². The average molecular weight is 299 g/mol. The third kappa shape index (κ3) is 5.46. The number of nitrogens with zero attached hydrogens (tertiary/aromatic N) is 2. The van der Waals surface area contributed by atoms with Gasteiger partial charge in [-0.05, 0) is 18.4 Å². The highest BCUT2D eigenvalue weighted by Crippen LogP contribution is 2.15. The Morgan fingerprint density at radius 1 is 1.40 bits per heavy atom. The van der Waals surface area contributed by atoms with Gasteiger partial charge in [0.1, 0.15) is 5.82 Å². The number of pyridine rings is 1. The van der Waals surface area contributed by atoms with Crippen LogP contribution in [0, 0.1) is 5.92 Å². The summed E-state index contributed by atoms with van der Waals surface area (Å²) in [5, 5.41) is 0. The Kier molecular flexibility index (Phi) is 6.42. The van der Waals surface area contributed by atoms with E-state index in [1.807, 2.05) is 38.1 Å². The lowest BCUT2D eigenvalue weighted by Crippen LogP contribution is -2.29. The number of aromatic nitrogens is 1. The molecule has 1 heterocycles. The van der Waals surface area contributed by atoms with Gasteiger partial charge in [-0.2, -0.15) is 0 Å². The molecule has 1 rings (SSSR count). The topological polar surface area (TPSA) is 62.3 Å². The SMILES string of the molecule is CCC[C@@H](C)CS(=O)(=O)NCc1cccnc1N(C)C. The van der Waals surface area contributed by atoms with E-state index in [1.165, 1.54) is 0 Å². The van der Waals surface area contributed by atoms with E-state index in [0.717, 1.165) is 24.2 Å². The normalized spacial score (nSPS) is 13.2. The Hall–Kier alpha value is -1.14. The molecule has 0 amide bonds. The molecule has 20 heavy (non-hydrogen) atoms. The summed E-state index contributed by atoms with van der Waals surface area (Å²) in [5.41, 5.74) is 0.879. The van der Waals surface area contributed by atoms with E-state index in [0.29, 0.717) is 0 Å². The molecule has 0 aromatic carbocycles. The molecule has 1 aromatic heterocycles. The first-order chi connectivity index (χ1) is 9.35. The van der Waals surface area contributed by atoms with Crippen LogP contribution in [0.25, 0.3) is 0 Å². The summed E-state index contributed by atoms with van der Waals surface area (Å²) in [6.45, 7) is 4.32. The molecular weight excluding hydrogens is 274 g/mol. The summed E-state index contributed by atoms with van der Waals surface area (Å²) in [7, 11) is 0.545. The number of nitrogens with one attached hydrogen (secondary N) is 1. The Bertz CT molecular complexity index is 515. The highest BCUT2D eigenvalue weighted by atomic mass is 32.2. The van der Waals surface area contributed by atoms with Crippen LogP contribution in [-0.2, 0) is 16.6 Å². The van der Waals surface area contributed by atoms with Crippen molar-refractivity contribution in [3.63, 3.8) is 0 Å². The molecule has 0 bridgehead atoms. The standard InChI is InChI=1S/C14H25N3O2S/c1-5-7-12(2)11-20(18,19)16-10-13-8-6-9-15-14(13)17(3)4/h6,8-9,12,16H,5,7,10-11H2,1-4H3/t12-/m1/s1. The fraction of sp³-hybridized carbons (Fsp3) is 0.643. The predicted molar refractivity (Wildman–Crippen MR) is 83.3 cm³/mol. The smallest absolute Gasteiger partial charge is 0.212 e. The molecule has 1 N–H and O–H groups in total. The second kappa shape index (κ2) is 7.59. The number of hydrogen-bond donors (Lipinski definition) is 1. The van der Waals surface area contributed by atoms with Crippen LogP contribution >= 0.6 is 0 Å². The first-order valence-electron chi connectivity index (χ1n) is 6.94. The van der Waals surface area contributed by atoms with E-state index < -0.39 is 10.0 Å². The van der Waals surface area contributed by atoms with Crippen molar-refractivity contribution in [1.82, 2.24) is 9.71 Å². The maximum atomic E-state index is 12.0. The van der Waals surface area contributed by atoms with Crippen LogP contribution < -0.4 is 9.62 Å². The van der Waals surface area contributed by atoms with Gasteiger partial charge in [0.2, 0.25) is 10.0 Å². The van der Waals surface area contributed by atoms with Gasteiger partial charge < -0.3 is 4.90 Å². The van der Waals surface area contributed by atoms with Crippen molar-refractivity contribution in [2.45, 2.75) is 33.2 Å². The first-order valence-corrected chi connectivity index (χ1v) is 8.59. The van der Waals surface area contributed by atoms with Crippen molar-refractivity contribution in [3.8, 4) is 0 Å². The Morgan fingerprint density at radius 2 is 2.10 bits per heavy atom. The van der Waals surface area contributed by atoms with Gasteiger partial charge in [0.25, 0.3) is 0 Å². The van der Waals surface area contributed by atoms with Crippen LogP contribution in [-0.4, -0.2) is 33.2 Å². The second-order valence-electron chi connectivity index (χ2n) is 5.38. The van der Waals surface area contributed by atoms with Crippen LogP contribution in [0.4, 0.5) is 5.82 Å². The second-order valence-corrected chi connectivity index (χ2v) is 7.23. The van der Waals surface area contributed by atoms with E-state index >= 15 is 0 Å². The molecule has 114 valence electrons. The zero-order chi connectivity index (χ0) is 15.2.